The van der Waals surface area contributed by atoms with Crippen molar-refractivity contribution in [2.75, 3.05) is 41.9 Å². The molecule has 0 radical (unpaired) electrons. The number of aliphatic carboxylic acids is 1. The van der Waals surface area contributed by atoms with Crippen molar-refractivity contribution in [3.8, 4) is 0 Å². The van der Waals surface area contributed by atoms with Gasteiger partial charge in [-0.3, -0.25) is 14.4 Å². The van der Waals surface area contributed by atoms with Gasteiger partial charge in [-0.25, -0.2) is 4.57 Å². The number of anilines is 3. The summed E-state index contributed by atoms with van der Waals surface area (Å²) in [5.74, 6) is -1.14. The number of carbonyl (C=O) groups is 3. The van der Waals surface area contributed by atoms with Crippen LogP contribution >= 0.6 is 35.1 Å². The predicted octanol–water partition coefficient (Wildman–Crippen LogP) is -1.01. The number of nitrogens with zero attached hydrogens (tertiary/aromatic N) is 6. The minimum absolute atomic E-state index is 0.0135. The molecule has 204 valence electrons. The first-order valence-corrected chi connectivity index (χ1v) is 14.3. The first-order valence-electron chi connectivity index (χ1n) is 11.4. The lowest BCUT2D eigenvalue weighted by atomic mass is 9.89. The number of nitrogens with one attached hydrogen (secondary N) is 1. The van der Waals surface area contributed by atoms with E-state index in [1.54, 1.807) is 17.6 Å². The maximum absolute atomic E-state index is 13.0. The summed E-state index contributed by atoms with van der Waals surface area (Å²) in [5.41, 5.74) is 16.0. The maximum atomic E-state index is 13.0. The van der Waals surface area contributed by atoms with Gasteiger partial charge >= 0.3 is 11.1 Å². The Balaban J connectivity index is 1.46. The lowest BCUT2D eigenvalue weighted by molar-refractivity contribution is -0.719. The van der Waals surface area contributed by atoms with Gasteiger partial charge in [0.05, 0.1) is 12.6 Å². The first-order chi connectivity index (χ1) is 18.1. The first kappa shape index (κ1) is 27.6. The van der Waals surface area contributed by atoms with Crippen molar-refractivity contribution in [2.24, 2.45) is 10.6 Å². The number of fused-ring (bicyclic) bond motifs is 1. The van der Waals surface area contributed by atoms with Crippen LogP contribution in [0.1, 0.15) is 19.7 Å². The average Bonchev–Trinajstić information content (AvgIpc) is 3.31. The third kappa shape index (κ3) is 5.28. The van der Waals surface area contributed by atoms with E-state index < -0.39 is 34.6 Å². The van der Waals surface area contributed by atoms with E-state index in [0.29, 0.717) is 17.5 Å². The second kappa shape index (κ2) is 11.2. The standard InChI is InChI=1S/C20H26N10O5S3/c1-3-29-10(22)5-9(21)24-19(29)37-8-20(17(33)34)6-30-15(32)12(16(30)36-7-20)25-14(31)11(27-35-4-2)13-26-18(23)38-28-13/h5,12,16H,3-4,6-8H2,1-2H3,(H7,21,22,23,25,26,28,31,33,34)/p+1/t12?,16-,20?/m1/s1. The molecule has 2 unspecified atom stereocenters. The molecule has 2 aliphatic heterocycles. The lowest BCUT2D eigenvalue weighted by Crippen LogP contribution is -2.74. The van der Waals surface area contributed by atoms with Crippen molar-refractivity contribution in [3.05, 3.63) is 11.9 Å². The fraction of sp³-hybridized carbons (Fsp3) is 0.500. The van der Waals surface area contributed by atoms with Crippen molar-refractivity contribution in [2.45, 2.75) is 37.0 Å². The third-order valence-electron chi connectivity index (χ3n) is 5.90. The highest BCUT2D eigenvalue weighted by Gasteiger charge is 2.57. The van der Waals surface area contributed by atoms with E-state index in [2.05, 4.69) is 24.8 Å². The number of β-lactam (4-membered cyclic amide) rings is 1. The zero-order chi connectivity index (χ0) is 27.6. The number of oxime groups is 1. The number of carboxylic acid groups (broad SMARTS) is 1. The zero-order valence-corrected chi connectivity index (χ0v) is 22.9. The Morgan fingerprint density at radius 2 is 2.13 bits per heavy atom. The van der Waals surface area contributed by atoms with Crippen molar-refractivity contribution in [1.29, 1.82) is 0 Å². The largest absolute Gasteiger partial charge is 0.481 e. The molecule has 0 aromatic carbocycles. The minimum Gasteiger partial charge on any atom is -0.481 e. The Hall–Kier alpha value is -3.38. The van der Waals surface area contributed by atoms with Crippen molar-refractivity contribution in [3.63, 3.8) is 0 Å². The van der Waals surface area contributed by atoms with Gasteiger partial charge in [-0.2, -0.15) is 9.36 Å². The number of aromatic nitrogens is 4. The number of rotatable bonds is 10. The van der Waals surface area contributed by atoms with Gasteiger partial charge in [0.2, 0.25) is 29.1 Å². The number of carbonyl (C=O) groups excluding carboxylic acids is 2. The molecule has 0 spiro atoms. The Morgan fingerprint density at radius 1 is 1.37 bits per heavy atom. The fourth-order valence-electron chi connectivity index (χ4n) is 3.93. The van der Waals surface area contributed by atoms with E-state index in [0.717, 1.165) is 11.5 Å². The number of hydrogen-bond acceptors (Lipinski definition) is 14. The Labute approximate surface area is 229 Å². The van der Waals surface area contributed by atoms with E-state index in [9.17, 15) is 19.5 Å². The molecule has 4 rings (SSSR count). The molecule has 2 aromatic rings. The van der Waals surface area contributed by atoms with Gasteiger partial charge in [0.1, 0.15) is 23.4 Å². The van der Waals surface area contributed by atoms with E-state index in [4.69, 9.17) is 22.0 Å². The zero-order valence-electron chi connectivity index (χ0n) is 20.5. The smallest absolute Gasteiger partial charge is 0.313 e. The van der Waals surface area contributed by atoms with Gasteiger partial charge in [0.25, 0.3) is 5.91 Å². The van der Waals surface area contributed by atoms with Crippen LogP contribution in [0.5, 0.6) is 0 Å². The topological polar surface area (TPSA) is 229 Å². The highest BCUT2D eigenvalue weighted by atomic mass is 32.2. The molecule has 18 heteroatoms. The Kier molecular flexibility index (Phi) is 8.12. The summed E-state index contributed by atoms with van der Waals surface area (Å²) < 4.78 is 5.73. The number of nitrogens with two attached hydrogens (primary N) is 3. The predicted molar refractivity (Wildman–Crippen MR) is 142 cm³/mol. The summed E-state index contributed by atoms with van der Waals surface area (Å²) >= 11 is 3.40. The SMILES string of the molecule is CCON=C(C(=O)NC1C(=O)N2CC(CSc3nc(N)cc(N)[n+]3CC)(C(=O)O)CS[C@H]12)c1nsc(N)n1. The number of hydrogen-bond donors (Lipinski definition) is 5. The van der Waals surface area contributed by atoms with Gasteiger partial charge in [-0.05, 0) is 13.8 Å². The molecule has 15 nitrogen and oxygen atoms in total. The molecule has 4 heterocycles. The van der Waals surface area contributed by atoms with Crippen LogP contribution in [0.25, 0.3) is 0 Å². The van der Waals surface area contributed by atoms with E-state index in [-0.39, 0.29) is 47.1 Å². The number of carboxylic acids is 1. The summed E-state index contributed by atoms with van der Waals surface area (Å²) in [4.78, 5) is 53.1. The molecule has 8 N–H and O–H groups in total. The van der Waals surface area contributed by atoms with Gasteiger partial charge in [0, 0.05) is 29.6 Å². The summed E-state index contributed by atoms with van der Waals surface area (Å²) in [5, 5.41) is 16.8. The molecular formula is C20H27N10O5S3+. The minimum atomic E-state index is -1.24. The molecule has 2 fully saturated rings. The molecular weight excluding hydrogens is 556 g/mol. The number of thioether (sulfide) groups is 2. The van der Waals surface area contributed by atoms with Crippen LogP contribution in [0, 0.1) is 5.41 Å². The van der Waals surface area contributed by atoms with Crippen LogP contribution in [0.3, 0.4) is 0 Å². The molecule has 2 saturated heterocycles. The molecule has 2 aromatic heterocycles. The van der Waals surface area contributed by atoms with Crippen LogP contribution in [-0.4, -0.2) is 83.9 Å². The molecule has 0 bridgehead atoms. The van der Waals surface area contributed by atoms with Crippen LogP contribution < -0.4 is 27.1 Å². The van der Waals surface area contributed by atoms with Gasteiger partial charge in [0.15, 0.2) is 5.13 Å². The fourth-order valence-corrected chi connectivity index (χ4v) is 7.32. The summed E-state index contributed by atoms with van der Waals surface area (Å²) in [6.45, 7) is 4.30. The van der Waals surface area contributed by atoms with Crippen LogP contribution in [-0.2, 0) is 25.8 Å². The average molecular weight is 584 g/mol. The monoisotopic (exact) mass is 583 g/mol. The lowest BCUT2D eigenvalue weighted by Gasteiger charge is -2.53. The van der Waals surface area contributed by atoms with Crippen LogP contribution in [0.2, 0.25) is 0 Å². The second-order valence-electron chi connectivity index (χ2n) is 8.44. The Bertz CT molecular complexity index is 1290. The Morgan fingerprint density at radius 3 is 2.76 bits per heavy atom. The van der Waals surface area contributed by atoms with Crippen molar-refractivity contribution >= 4 is 75.3 Å². The quantitative estimate of drug-likeness (QED) is 0.0564. The summed E-state index contributed by atoms with van der Waals surface area (Å²) in [7, 11) is 0. The molecule has 0 aliphatic carbocycles. The summed E-state index contributed by atoms with van der Waals surface area (Å²) in [6.07, 6.45) is 0. The van der Waals surface area contributed by atoms with Gasteiger partial charge < -0.3 is 37.4 Å². The maximum Gasteiger partial charge on any atom is 0.313 e. The van der Waals surface area contributed by atoms with Crippen LogP contribution in [0.4, 0.5) is 16.8 Å². The molecule has 2 amide bonds. The number of nitrogen functional groups attached to an aromatic ring is 3. The highest BCUT2D eigenvalue weighted by molar-refractivity contribution is 8.00. The van der Waals surface area contributed by atoms with E-state index in [1.807, 2.05) is 6.92 Å². The second-order valence-corrected chi connectivity index (χ2v) is 11.3. The van der Waals surface area contributed by atoms with Gasteiger partial charge in [-0.15, -0.1) is 11.8 Å². The molecule has 38 heavy (non-hydrogen) atoms. The third-order valence-corrected chi connectivity index (χ3v) is 9.29. The van der Waals surface area contributed by atoms with E-state index >= 15 is 0 Å². The summed E-state index contributed by atoms with van der Waals surface area (Å²) in [6, 6.07) is 0.672. The van der Waals surface area contributed by atoms with Crippen molar-refractivity contribution in [1.82, 2.24) is 24.6 Å². The molecule has 2 aliphatic rings. The van der Waals surface area contributed by atoms with Crippen molar-refractivity contribution < 1.29 is 28.9 Å². The normalized spacial score (nSPS) is 22.9. The molecule has 3 atom stereocenters. The van der Waals surface area contributed by atoms with Gasteiger partial charge in [-0.1, -0.05) is 21.9 Å². The molecule has 0 saturated carbocycles. The van der Waals surface area contributed by atoms with E-state index in [1.165, 1.54) is 28.4 Å². The highest BCUT2D eigenvalue weighted by Crippen LogP contribution is 2.44. The number of amides is 2. The van der Waals surface area contributed by atoms with Crippen LogP contribution in [0.15, 0.2) is 16.4 Å².